The number of hydrogen-bond donors (Lipinski definition) is 1. The van der Waals surface area contributed by atoms with Gasteiger partial charge in [-0.05, 0) is 20.4 Å². The minimum absolute atomic E-state index is 0.0494. The fraction of sp³-hybridized carbons (Fsp3) is 0.750. The van der Waals surface area contributed by atoms with Crippen molar-refractivity contribution in [1.82, 2.24) is 19.4 Å². The first-order valence-corrected chi connectivity index (χ1v) is 8.66. The zero-order valence-corrected chi connectivity index (χ0v) is 14.0. The Bertz CT molecular complexity index is 602. The summed E-state index contributed by atoms with van der Waals surface area (Å²) >= 11 is 6.00. The van der Waals surface area contributed by atoms with Crippen LogP contribution in [-0.4, -0.2) is 62.5 Å². The highest BCUT2D eigenvalue weighted by molar-refractivity contribution is 7.89. The van der Waals surface area contributed by atoms with Crippen molar-refractivity contribution >= 4 is 21.6 Å². The molecule has 2 rings (SSSR count). The fourth-order valence-electron chi connectivity index (χ4n) is 2.38. The van der Waals surface area contributed by atoms with Crippen LogP contribution in [-0.2, 0) is 21.8 Å². The average Bonchev–Trinajstić information content (AvgIpc) is 2.63. The van der Waals surface area contributed by atoms with Gasteiger partial charge in [0.15, 0.2) is 0 Å². The number of nitrogens with one attached hydrogen (secondary N) is 1. The van der Waals surface area contributed by atoms with E-state index in [1.807, 2.05) is 7.05 Å². The Labute approximate surface area is 130 Å². The van der Waals surface area contributed by atoms with Gasteiger partial charge in [-0.1, -0.05) is 11.6 Å². The van der Waals surface area contributed by atoms with Gasteiger partial charge >= 0.3 is 0 Å². The molecule has 2 heterocycles. The van der Waals surface area contributed by atoms with Gasteiger partial charge in [0.2, 0.25) is 10.0 Å². The smallest absolute Gasteiger partial charge is 0.245 e. The van der Waals surface area contributed by atoms with E-state index in [1.165, 1.54) is 4.68 Å². The Kier molecular flexibility index (Phi) is 5.26. The molecule has 0 unspecified atom stereocenters. The summed E-state index contributed by atoms with van der Waals surface area (Å²) < 4.78 is 34.1. The lowest BCUT2D eigenvalue weighted by Crippen LogP contribution is -2.41. The summed E-state index contributed by atoms with van der Waals surface area (Å²) in [5, 5.41) is 4.14. The van der Waals surface area contributed by atoms with Gasteiger partial charge in [-0.15, -0.1) is 0 Å². The van der Waals surface area contributed by atoms with Crippen molar-refractivity contribution < 1.29 is 13.2 Å². The van der Waals surface area contributed by atoms with Crippen LogP contribution in [0, 0.1) is 6.92 Å². The summed E-state index contributed by atoms with van der Waals surface area (Å²) in [5.41, 5.74) is 0.392. The average molecular weight is 337 g/mol. The van der Waals surface area contributed by atoms with E-state index in [1.54, 1.807) is 14.0 Å². The number of ether oxygens (including phenoxy) is 1. The normalized spacial score (nSPS) is 20.9. The number of hydrogen-bond acceptors (Lipinski definition) is 5. The molecule has 1 aliphatic rings. The van der Waals surface area contributed by atoms with Crippen LogP contribution in [0.15, 0.2) is 4.90 Å². The second-order valence-corrected chi connectivity index (χ2v) is 7.33. The quantitative estimate of drug-likeness (QED) is 0.841. The van der Waals surface area contributed by atoms with Crippen molar-refractivity contribution in [2.75, 3.05) is 33.3 Å². The molecule has 1 aliphatic heterocycles. The molecule has 0 bridgehead atoms. The summed E-state index contributed by atoms with van der Waals surface area (Å²) in [6, 6.07) is 0. The predicted octanol–water partition coefficient (Wildman–Crippen LogP) is 0.381. The first-order valence-electron chi connectivity index (χ1n) is 6.80. The van der Waals surface area contributed by atoms with Gasteiger partial charge in [0, 0.05) is 26.7 Å². The number of nitrogens with zero attached hydrogens (tertiary/aromatic N) is 3. The van der Waals surface area contributed by atoms with Crippen LogP contribution in [0.5, 0.6) is 0 Å². The molecule has 120 valence electrons. The minimum atomic E-state index is -3.65. The molecule has 1 fully saturated rings. The van der Waals surface area contributed by atoms with Gasteiger partial charge in [-0.3, -0.25) is 4.68 Å². The first-order chi connectivity index (χ1) is 9.81. The van der Waals surface area contributed by atoms with E-state index in [2.05, 4.69) is 14.7 Å². The van der Waals surface area contributed by atoms with E-state index in [0.717, 1.165) is 13.1 Å². The van der Waals surface area contributed by atoms with E-state index in [9.17, 15) is 8.42 Å². The molecule has 1 N–H and O–H groups in total. The van der Waals surface area contributed by atoms with Crippen LogP contribution < -0.4 is 4.72 Å². The summed E-state index contributed by atoms with van der Waals surface area (Å²) in [5.74, 6) is 0. The Morgan fingerprint density at radius 2 is 2.19 bits per heavy atom. The third-order valence-corrected chi connectivity index (χ3v) is 5.63. The molecule has 0 amide bonds. The fourth-order valence-corrected chi connectivity index (χ4v) is 4.18. The summed E-state index contributed by atoms with van der Waals surface area (Å²) in [6.07, 6.45) is 0.678. The molecule has 1 saturated heterocycles. The Balaban J connectivity index is 1.95. The molecule has 1 aromatic heterocycles. The predicted molar refractivity (Wildman–Crippen MR) is 80.0 cm³/mol. The maximum Gasteiger partial charge on any atom is 0.245 e. The number of aromatic nitrogens is 2. The molecule has 9 heteroatoms. The highest BCUT2D eigenvalue weighted by Crippen LogP contribution is 2.23. The number of rotatable bonds is 5. The second-order valence-electron chi connectivity index (χ2n) is 5.27. The molecule has 1 aromatic rings. The largest absolute Gasteiger partial charge is 0.376 e. The van der Waals surface area contributed by atoms with Gasteiger partial charge in [0.05, 0.1) is 18.4 Å². The van der Waals surface area contributed by atoms with E-state index < -0.39 is 10.0 Å². The first kappa shape index (κ1) is 16.7. The summed E-state index contributed by atoms with van der Waals surface area (Å²) in [4.78, 5) is 2.22. The Morgan fingerprint density at radius 1 is 1.48 bits per heavy atom. The highest BCUT2D eigenvalue weighted by Gasteiger charge is 2.25. The number of aryl methyl sites for hydroxylation is 2. The van der Waals surface area contributed by atoms with E-state index in [0.29, 0.717) is 25.3 Å². The molecule has 1 atom stereocenters. The standard InChI is InChI=1S/C12H21ClN4O3S/c1-9-11(12(13)17(3)15-9)21(18,19)14-5-4-10-8-16(2)6-7-20-10/h10,14H,4-8H2,1-3H3/t10-/m1/s1. The molecule has 7 nitrogen and oxygen atoms in total. The van der Waals surface area contributed by atoms with Crippen LogP contribution in [0.1, 0.15) is 12.1 Å². The lowest BCUT2D eigenvalue weighted by Gasteiger charge is -2.30. The summed E-state index contributed by atoms with van der Waals surface area (Å²) in [7, 11) is -0.0121. The van der Waals surface area contributed by atoms with Crippen LogP contribution in [0.4, 0.5) is 0 Å². The highest BCUT2D eigenvalue weighted by atomic mass is 35.5. The van der Waals surface area contributed by atoms with Crippen molar-refractivity contribution in [3.63, 3.8) is 0 Å². The summed E-state index contributed by atoms with van der Waals surface area (Å²) in [6.45, 7) is 4.34. The van der Waals surface area contributed by atoms with Gasteiger partial charge in [-0.25, -0.2) is 13.1 Å². The molecule has 0 spiro atoms. The Hall–Kier alpha value is -0.670. The monoisotopic (exact) mass is 336 g/mol. The number of likely N-dealkylation sites (N-methyl/N-ethyl adjacent to an activating group) is 1. The van der Waals surface area contributed by atoms with Gasteiger partial charge in [-0.2, -0.15) is 5.10 Å². The topological polar surface area (TPSA) is 76.5 Å². The van der Waals surface area contributed by atoms with Crippen molar-refractivity contribution in [2.45, 2.75) is 24.3 Å². The van der Waals surface area contributed by atoms with Crippen molar-refractivity contribution in [1.29, 1.82) is 0 Å². The molecule has 0 aliphatic carbocycles. The van der Waals surface area contributed by atoms with Crippen molar-refractivity contribution in [3.8, 4) is 0 Å². The number of sulfonamides is 1. The van der Waals surface area contributed by atoms with Crippen LogP contribution in [0.2, 0.25) is 5.15 Å². The van der Waals surface area contributed by atoms with Crippen molar-refractivity contribution in [3.05, 3.63) is 10.8 Å². The van der Waals surface area contributed by atoms with Crippen LogP contribution >= 0.6 is 11.6 Å². The molecule has 0 aromatic carbocycles. The van der Waals surface area contributed by atoms with E-state index >= 15 is 0 Å². The lowest BCUT2D eigenvalue weighted by atomic mass is 10.2. The van der Waals surface area contributed by atoms with Crippen molar-refractivity contribution in [2.24, 2.45) is 7.05 Å². The molecule has 0 saturated carbocycles. The van der Waals surface area contributed by atoms with Gasteiger partial charge < -0.3 is 9.64 Å². The lowest BCUT2D eigenvalue weighted by molar-refractivity contribution is -0.0222. The SMILES string of the molecule is Cc1nn(C)c(Cl)c1S(=O)(=O)NCC[C@@H]1CN(C)CCO1. The minimum Gasteiger partial charge on any atom is -0.376 e. The third kappa shape index (κ3) is 3.95. The molecule has 0 radical (unpaired) electrons. The second kappa shape index (κ2) is 6.62. The third-order valence-electron chi connectivity index (χ3n) is 3.47. The zero-order valence-electron chi connectivity index (χ0n) is 12.5. The number of morpholine rings is 1. The molecule has 21 heavy (non-hydrogen) atoms. The van der Waals surface area contributed by atoms with Crippen LogP contribution in [0.25, 0.3) is 0 Å². The maximum absolute atomic E-state index is 12.3. The van der Waals surface area contributed by atoms with E-state index in [4.69, 9.17) is 16.3 Å². The maximum atomic E-state index is 12.3. The van der Waals surface area contributed by atoms with Crippen LogP contribution in [0.3, 0.4) is 0 Å². The van der Waals surface area contributed by atoms with Gasteiger partial charge in [0.1, 0.15) is 10.0 Å². The zero-order chi connectivity index (χ0) is 15.6. The number of halogens is 1. The molecular weight excluding hydrogens is 316 g/mol. The van der Waals surface area contributed by atoms with E-state index in [-0.39, 0.29) is 16.2 Å². The molecular formula is C12H21ClN4O3S. The van der Waals surface area contributed by atoms with Gasteiger partial charge in [0.25, 0.3) is 0 Å². The Morgan fingerprint density at radius 3 is 2.76 bits per heavy atom.